The van der Waals surface area contributed by atoms with Crippen LogP contribution in [0.25, 0.3) is 21.8 Å². The number of aromatic nitrogens is 1. The maximum atomic E-state index is 13.7. The van der Waals surface area contributed by atoms with Crippen molar-refractivity contribution in [3.8, 4) is 0 Å². The fourth-order valence-corrected chi connectivity index (χ4v) is 3.74. The van der Waals surface area contributed by atoms with Crippen LogP contribution in [-0.2, 0) is 6.54 Å². The average Bonchev–Trinajstić information content (AvgIpc) is 2.91. The molecule has 1 aromatic heterocycles. The molecule has 2 N–H and O–H groups in total. The Hall–Kier alpha value is -2.66. The lowest BCUT2D eigenvalue weighted by molar-refractivity contribution is 0.100. The molecule has 4 aromatic rings. The summed E-state index contributed by atoms with van der Waals surface area (Å²) >= 11 is 3.49. The van der Waals surface area contributed by atoms with Crippen LogP contribution in [0.3, 0.4) is 0 Å². The van der Waals surface area contributed by atoms with Crippen LogP contribution in [0, 0.1) is 18.8 Å². The molecular formula is C21H15BrFN2O. The van der Waals surface area contributed by atoms with Crippen molar-refractivity contribution in [2.24, 2.45) is 5.73 Å². The van der Waals surface area contributed by atoms with Crippen LogP contribution in [0.15, 0.2) is 53.0 Å². The van der Waals surface area contributed by atoms with Gasteiger partial charge in [-0.15, -0.1) is 0 Å². The normalized spacial score (nSPS) is 11.3. The topological polar surface area (TPSA) is 48.0 Å². The number of primary amides is 1. The SMILES string of the molecule is Cc1c[c]c2c3c(C(N)=O)cccc3n(Cc3cc(F)ccc3Br)c2c1. The number of carbonyl (C=O) groups is 1. The van der Waals surface area contributed by atoms with E-state index in [2.05, 4.69) is 26.6 Å². The fourth-order valence-electron chi connectivity index (χ4n) is 3.37. The second-order valence-electron chi connectivity index (χ2n) is 6.32. The Kier molecular flexibility index (Phi) is 4.04. The van der Waals surface area contributed by atoms with Gasteiger partial charge >= 0.3 is 0 Å². The smallest absolute Gasteiger partial charge is 0.249 e. The zero-order valence-corrected chi connectivity index (χ0v) is 15.6. The molecule has 0 aliphatic carbocycles. The van der Waals surface area contributed by atoms with Gasteiger partial charge in [0.05, 0.1) is 11.0 Å². The van der Waals surface area contributed by atoms with Crippen LogP contribution >= 0.6 is 15.9 Å². The van der Waals surface area contributed by atoms with E-state index >= 15 is 0 Å². The number of rotatable bonds is 3. The first-order valence-electron chi connectivity index (χ1n) is 8.12. The number of aryl methyl sites for hydroxylation is 1. The molecule has 3 aromatic carbocycles. The Bertz CT molecular complexity index is 1180. The number of benzene rings is 3. The number of hydrogen-bond donors (Lipinski definition) is 1. The molecule has 0 aliphatic rings. The number of nitrogens with two attached hydrogens (primary N) is 1. The fraction of sp³-hybridized carbons (Fsp3) is 0.0952. The Morgan fingerprint density at radius 1 is 1.23 bits per heavy atom. The number of hydrogen-bond acceptors (Lipinski definition) is 1. The van der Waals surface area contributed by atoms with E-state index in [0.29, 0.717) is 12.1 Å². The second-order valence-corrected chi connectivity index (χ2v) is 7.18. The maximum absolute atomic E-state index is 13.7. The van der Waals surface area contributed by atoms with Gasteiger partial charge in [0.2, 0.25) is 5.91 Å². The van der Waals surface area contributed by atoms with Crippen LogP contribution in [0.1, 0.15) is 21.5 Å². The molecule has 1 radical (unpaired) electrons. The van der Waals surface area contributed by atoms with Crippen molar-refractivity contribution >= 4 is 43.6 Å². The number of nitrogens with zero attached hydrogens (tertiary/aromatic N) is 1. The van der Waals surface area contributed by atoms with E-state index in [1.165, 1.54) is 12.1 Å². The molecule has 0 fully saturated rings. The Balaban J connectivity index is 2.06. The van der Waals surface area contributed by atoms with Gasteiger partial charge in [0, 0.05) is 27.4 Å². The molecule has 0 aliphatic heterocycles. The monoisotopic (exact) mass is 409 g/mol. The number of fused-ring (bicyclic) bond motifs is 3. The lowest BCUT2D eigenvalue weighted by atomic mass is 10.1. The van der Waals surface area contributed by atoms with Gasteiger partial charge in [-0.25, -0.2) is 4.39 Å². The highest BCUT2D eigenvalue weighted by Crippen LogP contribution is 2.33. The van der Waals surface area contributed by atoms with E-state index in [0.717, 1.165) is 37.4 Å². The third kappa shape index (κ3) is 2.69. The second kappa shape index (κ2) is 6.25. The molecule has 4 rings (SSSR count). The van der Waals surface area contributed by atoms with Crippen molar-refractivity contribution in [3.63, 3.8) is 0 Å². The molecule has 0 bridgehead atoms. The van der Waals surface area contributed by atoms with Gasteiger partial charge < -0.3 is 10.3 Å². The van der Waals surface area contributed by atoms with E-state index in [1.807, 2.05) is 31.2 Å². The Labute approximate surface area is 158 Å². The molecule has 3 nitrogen and oxygen atoms in total. The van der Waals surface area contributed by atoms with Gasteiger partial charge in [-0.1, -0.05) is 28.1 Å². The van der Waals surface area contributed by atoms with E-state index < -0.39 is 5.91 Å². The first-order valence-corrected chi connectivity index (χ1v) is 8.92. The molecule has 1 amide bonds. The molecule has 0 atom stereocenters. The summed E-state index contributed by atoms with van der Waals surface area (Å²) in [6, 6.07) is 17.3. The number of halogens is 2. The number of carbonyl (C=O) groups excluding carboxylic acids is 1. The van der Waals surface area contributed by atoms with E-state index in [4.69, 9.17) is 5.73 Å². The van der Waals surface area contributed by atoms with Gasteiger partial charge in [0.25, 0.3) is 0 Å². The first-order chi connectivity index (χ1) is 12.5. The molecule has 1 heterocycles. The molecule has 0 saturated heterocycles. The van der Waals surface area contributed by atoms with Gasteiger partial charge in [-0.05, 0) is 60.5 Å². The minimum atomic E-state index is -0.476. The minimum Gasteiger partial charge on any atom is -0.366 e. The minimum absolute atomic E-state index is 0.287. The standard InChI is InChI=1S/C21H15BrFN2O/c1-12-5-7-15-19(9-12)25(11-13-10-14(23)6-8-17(13)22)18-4-2-3-16(20(15)18)21(24)26/h2-6,8-10H,11H2,1H3,(H2,24,26). The summed E-state index contributed by atoms with van der Waals surface area (Å²) in [7, 11) is 0. The van der Waals surface area contributed by atoms with E-state index in [9.17, 15) is 9.18 Å². The zero-order chi connectivity index (χ0) is 18.4. The highest BCUT2D eigenvalue weighted by molar-refractivity contribution is 9.10. The molecule has 5 heteroatoms. The van der Waals surface area contributed by atoms with Crippen LogP contribution in [0.5, 0.6) is 0 Å². The molecule has 0 spiro atoms. The van der Waals surface area contributed by atoms with Crippen LogP contribution in [-0.4, -0.2) is 10.5 Å². The third-order valence-corrected chi connectivity index (χ3v) is 5.31. The Morgan fingerprint density at radius 2 is 2.04 bits per heavy atom. The molecule has 0 unspecified atom stereocenters. The van der Waals surface area contributed by atoms with Gasteiger partial charge in [0.1, 0.15) is 5.82 Å². The summed E-state index contributed by atoms with van der Waals surface area (Å²) in [5.74, 6) is -0.764. The first kappa shape index (κ1) is 16.8. The molecule has 129 valence electrons. The van der Waals surface area contributed by atoms with Gasteiger partial charge in [0.15, 0.2) is 0 Å². The summed E-state index contributed by atoms with van der Waals surface area (Å²) in [5, 5.41) is 1.62. The van der Waals surface area contributed by atoms with Crippen molar-refractivity contribution in [2.75, 3.05) is 0 Å². The quantitative estimate of drug-likeness (QED) is 0.511. The highest BCUT2D eigenvalue weighted by Gasteiger charge is 2.17. The lowest BCUT2D eigenvalue weighted by Gasteiger charge is -2.10. The predicted molar refractivity (Wildman–Crippen MR) is 105 cm³/mol. The van der Waals surface area contributed by atoms with E-state index in [1.54, 1.807) is 12.1 Å². The summed E-state index contributed by atoms with van der Waals surface area (Å²) in [4.78, 5) is 11.9. The summed E-state index contributed by atoms with van der Waals surface area (Å²) in [5.41, 5.74) is 9.73. The van der Waals surface area contributed by atoms with Crippen LogP contribution in [0.2, 0.25) is 0 Å². The van der Waals surface area contributed by atoms with Crippen LogP contribution in [0.4, 0.5) is 4.39 Å². The van der Waals surface area contributed by atoms with Gasteiger partial charge in [-0.3, -0.25) is 4.79 Å². The van der Waals surface area contributed by atoms with Crippen molar-refractivity contribution in [2.45, 2.75) is 13.5 Å². The van der Waals surface area contributed by atoms with Crippen molar-refractivity contribution in [1.29, 1.82) is 0 Å². The average molecular weight is 410 g/mol. The molecule has 26 heavy (non-hydrogen) atoms. The third-order valence-electron chi connectivity index (χ3n) is 4.54. The lowest BCUT2D eigenvalue weighted by Crippen LogP contribution is -2.11. The summed E-state index contributed by atoms with van der Waals surface area (Å²) in [6.45, 7) is 2.45. The maximum Gasteiger partial charge on any atom is 0.249 e. The molecule has 0 saturated carbocycles. The van der Waals surface area contributed by atoms with Crippen molar-refractivity contribution in [1.82, 2.24) is 4.57 Å². The van der Waals surface area contributed by atoms with Gasteiger partial charge in [-0.2, -0.15) is 0 Å². The predicted octanol–water partition coefficient (Wildman–Crippen LogP) is 4.95. The molecular weight excluding hydrogens is 395 g/mol. The zero-order valence-electron chi connectivity index (χ0n) is 14.0. The summed E-state index contributed by atoms with van der Waals surface area (Å²) < 4.78 is 16.6. The Morgan fingerprint density at radius 3 is 2.81 bits per heavy atom. The van der Waals surface area contributed by atoms with Crippen molar-refractivity contribution < 1.29 is 9.18 Å². The summed E-state index contributed by atoms with van der Waals surface area (Å²) in [6.07, 6.45) is 0. The highest BCUT2D eigenvalue weighted by atomic mass is 79.9. The van der Waals surface area contributed by atoms with Crippen LogP contribution < -0.4 is 5.73 Å². The number of amides is 1. The largest absolute Gasteiger partial charge is 0.366 e. The van der Waals surface area contributed by atoms with Crippen molar-refractivity contribution in [3.05, 3.63) is 81.6 Å². The van der Waals surface area contributed by atoms with E-state index in [-0.39, 0.29) is 5.82 Å².